The Morgan fingerprint density at radius 1 is 0.941 bits per heavy atom. The number of aliphatic carboxylic acids is 1. The van der Waals surface area contributed by atoms with Crippen LogP contribution in [0.4, 0.5) is 0 Å². The van der Waals surface area contributed by atoms with Crippen LogP contribution in [0.3, 0.4) is 0 Å². The van der Waals surface area contributed by atoms with E-state index in [0.717, 1.165) is 38.5 Å². The molecular formula is C30H46O4. The number of carbonyl (C=O) groups is 2. The molecule has 4 nitrogen and oxygen atoms in total. The summed E-state index contributed by atoms with van der Waals surface area (Å²) in [5.74, 6) is 0.342. The molecule has 190 valence electrons. The minimum atomic E-state index is -0.931. The van der Waals surface area contributed by atoms with E-state index in [-0.39, 0.29) is 45.9 Å². The maximum atomic E-state index is 13.0. The Morgan fingerprint density at radius 3 is 2.26 bits per heavy atom. The highest BCUT2D eigenvalue weighted by molar-refractivity contribution is 5.92. The van der Waals surface area contributed by atoms with Gasteiger partial charge in [-0.1, -0.05) is 60.1 Å². The number of rotatable bonds is 1. The summed E-state index contributed by atoms with van der Waals surface area (Å²) in [5, 5.41) is 21.3. The number of aliphatic hydroxyl groups excluding tert-OH is 1. The lowest BCUT2D eigenvalue weighted by atomic mass is 9.33. The van der Waals surface area contributed by atoms with Crippen molar-refractivity contribution in [3.8, 4) is 0 Å². The molecule has 0 radical (unpaired) electrons. The van der Waals surface area contributed by atoms with Crippen LogP contribution < -0.4 is 0 Å². The van der Waals surface area contributed by atoms with Crippen molar-refractivity contribution in [2.24, 2.45) is 50.2 Å². The lowest BCUT2D eigenvalue weighted by Gasteiger charge is -2.71. The highest BCUT2D eigenvalue weighted by Gasteiger charge is 2.69. The molecule has 5 aliphatic carbocycles. The fourth-order valence-electron chi connectivity index (χ4n) is 10.4. The van der Waals surface area contributed by atoms with E-state index in [1.165, 1.54) is 5.57 Å². The third-order valence-electron chi connectivity index (χ3n) is 13.0. The van der Waals surface area contributed by atoms with Crippen molar-refractivity contribution >= 4 is 11.8 Å². The van der Waals surface area contributed by atoms with Gasteiger partial charge in [0.15, 0.2) is 0 Å². The fraction of sp³-hybridized carbons (Fsp3) is 0.867. The van der Waals surface area contributed by atoms with Gasteiger partial charge in [-0.25, -0.2) is 0 Å². The van der Waals surface area contributed by atoms with Gasteiger partial charge in [0.05, 0.1) is 11.5 Å². The van der Waals surface area contributed by atoms with Gasteiger partial charge in [-0.05, 0) is 90.8 Å². The quantitative estimate of drug-likeness (QED) is 0.434. The summed E-state index contributed by atoms with van der Waals surface area (Å²) in [6, 6.07) is 0. The van der Waals surface area contributed by atoms with E-state index in [4.69, 9.17) is 0 Å². The molecule has 5 rings (SSSR count). The number of ketones is 1. The van der Waals surface area contributed by atoms with Gasteiger partial charge in [0.25, 0.3) is 0 Å². The Hall–Kier alpha value is -1.16. The topological polar surface area (TPSA) is 74.6 Å². The molecule has 0 aromatic rings. The monoisotopic (exact) mass is 470 g/mol. The number of carbonyl (C=O) groups excluding carboxylic acids is 1. The first kappa shape index (κ1) is 24.5. The number of allylic oxidation sites excluding steroid dienone is 2. The molecule has 2 N–H and O–H groups in total. The zero-order chi connectivity index (χ0) is 25.1. The van der Waals surface area contributed by atoms with Crippen LogP contribution in [0, 0.1) is 50.2 Å². The smallest absolute Gasteiger partial charge is 0.310 e. The van der Waals surface area contributed by atoms with Crippen molar-refractivity contribution in [1.29, 1.82) is 0 Å². The van der Waals surface area contributed by atoms with E-state index in [0.29, 0.717) is 24.7 Å². The SMILES string of the molecule is CC1(C)C[C@H]2C3=CC[C@@H]4[C@@]5(C)CC[C@H](O)C(C)(C)[C@@H]5CC[C@@]4(C)[C@]3(C)CC[C@@]2(C(=O)O)CC1=O. The predicted octanol–water partition coefficient (Wildman–Crippen LogP) is 6.41. The third kappa shape index (κ3) is 2.75. The first-order valence-corrected chi connectivity index (χ1v) is 13.7. The molecule has 5 aliphatic rings. The fourth-order valence-corrected chi connectivity index (χ4v) is 10.4. The second kappa shape index (κ2) is 6.99. The molecule has 0 aromatic heterocycles. The molecule has 0 spiro atoms. The Bertz CT molecular complexity index is 961. The summed E-state index contributed by atoms with van der Waals surface area (Å²) < 4.78 is 0. The van der Waals surface area contributed by atoms with E-state index in [9.17, 15) is 19.8 Å². The van der Waals surface area contributed by atoms with Gasteiger partial charge in [0.2, 0.25) is 0 Å². The lowest BCUT2D eigenvalue weighted by molar-refractivity contribution is -0.205. The van der Waals surface area contributed by atoms with E-state index >= 15 is 0 Å². The van der Waals surface area contributed by atoms with Crippen molar-refractivity contribution in [2.75, 3.05) is 0 Å². The predicted molar refractivity (Wildman–Crippen MR) is 133 cm³/mol. The molecule has 0 amide bonds. The van der Waals surface area contributed by atoms with Crippen LogP contribution >= 0.6 is 0 Å². The summed E-state index contributed by atoms with van der Waals surface area (Å²) in [5.41, 5.74) is 0.147. The average molecular weight is 471 g/mol. The number of hydrogen-bond donors (Lipinski definition) is 2. The first-order valence-electron chi connectivity index (χ1n) is 13.7. The van der Waals surface area contributed by atoms with Crippen LogP contribution in [0.5, 0.6) is 0 Å². The highest BCUT2D eigenvalue weighted by Crippen LogP contribution is 2.75. The van der Waals surface area contributed by atoms with E-state index in [1.54, 1.807) is 0 Å². The zero-order valence-electron chi connectivity index (χ0n) is 22.5. The molecule has 0 aromatic carbocycles. The molecule has 0 aliphatic heterocycles. The minimum absolute atomic E-state index is 0.0375. The van der Waals surface area contributed by atoms with Crippen molar-refractivity contribution < 1.29 is 19.8 Å². The van der Waals surface area contributed by atoms with Crippen molar-refractivity contribution in [3.05, 3.63) is 11.6 Å². The summed E-state index contributed by atoms with van der Waals surface area (Å²) in [7, 11) is 0. The van der Waals surface area contributed by atoms with Crippen molar-refractivity contribution in [2.45, 2.75) is 112 Å². The molecule has 4 heteroatoms. The summed E-state index contributed by atoms with van der Waals surface area (Å²) >= 11 is 0. The van der Waals surface area contributed by atoms with Crippen LogP contribution in [0.1, 0.15) is 106 Å². The Kier molecular flexibility index (Phi) is 5.04. The van der Waals surface area contributed by atoms with E-state index in [2.05, 4.69) is 40.7 Å². The second-order valence-corrected chi connectivity index (χ2v) is 14.9. The molecule has 0 bridgehead atoms. The number of aliphatic hydroxyl groups is 1. The van der Waals surface area contributed by atoms with Crippen LogP contribution in [-0.2, 0) is 9.59 Å². The Balaban J connectivity index is 1.61. The molecule has 0 saturated heterocycles. The van der Waals surface area contributed by atoms with Gasteiger partial charge >= 0.3 is 5.97 Å². The zero-order valence-corrected chi connectivity index (χ0v) is 22.5. The molecule has 0 unspecified atom stereocenters. The number of fused-ring (bicyclic) bond motifs is 7. The van der Waals surface area contributed by atoms with Gasteiger partial charge in [-0.3, -0.25) is 9.59 Å². The van der Waals surface area contributed by atoms with E-state index in [1.807, 2.05) is 13.8 Å². The van der Waals surface area contributed by atoms with Crippen LogP contribution in [0.2, 0.25) is 0 Å². The number of carboxylic acids is 1. The molecule has 34 heavy (non-hydrogen) atoms. The Morgan fingerprint density at radius 2 is 1.62 bits per heavy atom. The van der Waals surface area contributed by atoms with Gasteiger partial charge in [0, 0.05) is 11.8 Å². The molecular weight excluding hydrogens is 424 g/mol. The molecule has 8 atom stereocenters. The standard InChI is InChI=1S/C30H46O4/c1-25(2)16-19-18-8-9-21-27(5)12-11-22(31)26(3,4)20(27)10-13-29(21,7)28(18,6)14-15-30(19,24(33)34)17-23(25)32/h8,19-22,31H,9-17H2,1-7H3,(H,33,34)/t19-,20-,21+,22-,27-,28+,29+,30+/m0/s1. The summed E-state index contributed by atoms with van der Waals surface area (Å²) in [6.45, 7) is 16.0. The second-order valence-electron chi connectivity index (χ2n) is 14.9. The highest BCUT2D eigenvalue weighted by atomic mass is 16.4. The normalized spacial score (nSPS) is 51.3. The summed E-state index contributed by atoms with van der Waals surface area (Å²) in [4.78, 5) is 25.7. The van der Waals surface area contributed by atoms with Gasteiger partial charge < -0.3 is 10.2 Å². The van der Waals surface area contributed by atoms with Gasteiger partial charge in [-0.15, -0.1) is 0 Å². The van der Waals surface area contributed by atoms with Crippen LogP contribution in [0.25, 0.3) is 0 Å². The largest absolute Gasteiger partial charge is 0.481 e. The van der Waals surface area contributed by atoms with Crippen molar-refractivity contribution in [3.63, 3.8) is 0 Å². The number of hydrogen-bond acceptors (Lipinski definition) is 3. The lowest BCUT2D eigenvalue weighted by Crippen LogP contribution is -2.65. The van der Waals surface area contributed by atoms with Crippen LogP contribution in [-0.4, -0.2) is 28.1 Å². The molecule has 4 saturated carbocycles. The molecule has 4 fully saturated rings. The average Bonchev–Trinajstić information content (AvgIpc) is 2.72. The number of Topliss-reactive ketones (excluding diaryl/α,β-unsaturated/α-hetero) is 1. The Labute approximate surface area is 206 Å². The first-order chi connectivity index (χ1) is 15.6. The van der Waals surface area contributed by atoms with Gasteiger partial charge in [0.1, 0.15) is 5.78 Å². The maximum absolute atomic E-state index is 13.0. The van der Waals surface area contributed by atoms with Crippen LogP contribution in [0.15, 0.2) is 11.6 Å². The maximum Gasteiger partial charge on any atom is 0.310 e. The minimum Gasteiger partial charge on any atom is -0.481 e. The van der Waals surface area contributed by atoms with Gasteiger partial charge in [-0.2, -0.15) is 0 Å². The number of carboxylic acid groups (broad SMARTS) is 1. The van der Waals surface area contributed by atoms with E-state index < -0.39 is 16.8 Å². The molecule has 0 heterocycles. The summed E-state index contributed by atoms with van der Waals surface area (Å²) in [6.07, 6.45) is 9.74. The van der Waals surface area contributed by atoms with Crippen molar-refractivity contribution in [1.82, 2.24) is 0 Å². The third-order valence-corrected chi connectivity index (χ3v) is 13.0.